The number of nitrogens with two attached hydrogens (primary N) is 1. The maximum absolute atomic E-state index is 5.54. The molecule has 0 aromatic carbocycles. The second-order valence-electron chi connectivity index (χ2n) is 3.10. The third-order valence-corrected chi connectivity index (χ3v) is 2.19. The molecule has 1 nitrogen and oxygen atoms in total. The Labute approximate surface area is 74.7 Å². The van der Waals surface area contributed by atoms with E-state index in [0.717, 1.165) is 0 Å². The van der Waals surface area contributed by atoms with Crippen LogP contribution >= 0.6 is 0 Å². The number of rotatable bonds is 2. The normalized spacial score (nSPS) is 19.8. The first-order valence-corrected chi connectivity index (χ1v) is 4.62. The van der Waals surface area contributed by atoms with E-state index in [1.165, 1.54) is 36.8 Å². The summed E-state index contributed by atoms with van der Waals surface area (Å²) >= 11 is 0. The highest BCUT2D eigenvalue weighted by molar-refractivity contribution is 5.39. The molecule has 1 aliphatic carbocycles. The summed E-state index contributed by atoms with van der Waals surface area (Å²) in [6.45, 7) is 2.02. The molecular weight excluding hydrogens is 146 g/mol. The molecule has 0 aromatic heterocycles. The second kappa shape index (κ2) is 4.81. The van der Waals surface area contributed by atoms with Gasteiger partial charge in [-0.1, -0.05) is 18.2 Å². The molecule has 0 aliphatic heterocycles. The number of allylic oxidation sites excluding steroid dienone is 5. The first kappa shape index (κ1) is 9.11. The van der Waals surface area contributed by atoms with Gasteiger partial charge in [-0.15, -0.1) is 0 Å². The lowest BCUT2D eigenvalue weighted by molar-refractivity contribution is 0.708. The van der Waals surface area contributed by atoms with Gasteiger partial charge in [0.05, 0.1) is 0 Å². The van der Waals surface area contributed by atoms with Gasteiger partial charge in [-0.3, -0.25) is 0 Å². The quantitative estimate of drug-likeness (QED) is 0.622. The predicted molar refractivity (Wildman–Crippen MR) is 53.6 cm³/mol. The van der Waals surface area contributed by atoms with Crippen molar-refractivity contribution in [3.63, 3.8) is 0 Å². The fourth-order valence-corrected chi connectivity index (χ4v) is 1.55. The summed E-state index contributed by atoms with van der Waals surface area (Å²) in [6.07, 6.45) is 13.2. The minimum atomic E-state index is 1.19. The SMILES string of the molecule is C/C=C\C(=C/N)C1=CCCCC1. The van der Waals surface area contributed by atoms with E-state index in [4.69, 9.17) is 5.73 Å². The lowest BCUT2D eigenvalue weighted by atomic mass is 9.94. The summed E-state index contributed by atoms with van der Waals surface area (Å²) < 4.78 is 0. The molecular formula is C11H17N. The van der Waals surface area contributed by atoms with Crippen molar-refractivity contribution in [3.8, 4) is 0 Å². The number of hydrogen-bond donors (Lipinski definition) is 1. The summed E-state index contributed by atoms with van der Waals surface area (Å²) in [5.74, 6) is 0. The number of hydrogen-bond acceptors (Lipinski definition) is 1. The van der Waals surface area contributed by atoms with Gasteiger partial charge in [-0.25, -0.2) is 0 Å². The van der Waals surface area contributed by atoms with Gasteiger partial charge in [0.15, 0.2) is 0 Å². The van der Waals surface area contributed by atoms with Crippen molar-refractivity contribution in [1.82, 2.24) is 0 Å². The summed E-state index contributed by atoms with van der Waals surface area (Å²) in [5, 5.41) is 0. The topological polar surface area (TPSA) is 26.0 Å². The zero-order valence-corrected chi connectivity index (χ0v) is 7.72. The highest BCUT2D eigenvalue weighted by Crippen LogP contribution is 2.23. The van der Waals surface area contributed by atoms with E-state index in [2.05, 4.69) is 12.2 Å². The summed E-state index contributed by atoms with van der Waals surface area (Å²) in [4.78, 5) is 0. The first-order chi connectivity index (χ1) is 5.88. The van der Waals surface area contributed by atoms with E-state index in [1.807, 2.05) is 13.0 Å². The van der Waals surface area contributed by atoms with Crippen molar-refractivity contribution in [2.24, 2.45) is 5.73 Å². The average Bonchev–Trinajstić information content (AvgIpc) is 2.15. The largest absolute Gasteiger partial charge is 0.404 e. The maximum Gasteiger partial charge on any atom is 0.00140 e. The maximum atomic E-state index is 5.54. The van der Waals surface area contributed by atoms with Gasteiger partial charge in [-0.2, -0.15) is 0 Å². The Hall–Kier alpha value is -0.980. The monoisotopic (exact) mass is 163 g/mol. The third kappa shape index (κ3) is 2.26. The van der Waals surface area contributed by atoms with Gasteiger partial charge in [0, 0.05) is 6.20 Å². The van der Waals surface area contributed by atoms with E-state index < -0.39 is 0 Å². The highest BCUT2D eigenvalue weighted by Gasteiger charge is 2.05. The van der Waals surface area contributed by atoms with Gasteiger partial charge in [0.1, 0.15) is 0 Å². The van der Waals surface area contributed by atoms with Crippen LogP contribution in [0.5, 0.6) is 0 Å². The van der Waals surface area contributed by atoms with Crippen LogP contribution in [-0.2, 0) is 0 Å². The van der Waals surface area contributed by atoms with Crippen LogP contribution < -0.4 is 5.73 Å². The van der Waals surface area contributed by atoms with Crippen molar-refractivity contribution in [1.29, 1.82) is 0 Å². The molecule has 2 N–H and O–H groups in total. The van der Waals surface area contributed by atoms with Gasteiger partial charge in [0.25, 0.3) is 0 Å². The molecule has 66 valence electrons. The Morgan fingerprint density at radius 2 is 2.33 bits per heavy atom. The van der Waals surface area contributed by atoms with Crippen molar-refractivity contribution in [2.75, 3.05) is 0 Å². The van der Waals surface area contributed by atoms with Crippen molar-refractivity contribution in [2.45, 2.75) is 32.6 Å². The van der Waals surface area contributed by atoms with Crippen LogP contribution in [0.1, 0.15) is 32.6 Å². The van der Waals surface area contributed by atoms with Crippen molar-refractivity contribution >= 4 is 0 Å². The minimum absolute atomic E-state index is 1.19. The van der Waals surface area contributed by atoms with E-state index >= 15 is 0 Å². The smallest absolute Gasteiger partial charge is 0.00140 e. The molecule has 0 amide bonds. The molecule has 1 heteroatoms. The standard InChI is InChI=1S/C11H17N/c1-2-6-11(9-12)10-7-4-3-5-8-10/h2,6-7,9H,3-5,8,12H2,1H3/b6-2-,11-9+. The second-order valence-corrected chi connectivity index (χ2v) is 3.10. The lowest BCUT2D eigenvalue weighted by Crippen LogP contribution is -1.96. The first-order valence-electron chi connectivity index (χ1n) is 4.62. The molecule has 0 unspecified atom stereocenters. The molecule has 0 saturated carbocycles. The molecule has 0 heterocycles. The highest BCUT2D eigenvalue weighted by atomic mass is 14.5. The van der Waals surface area contributed by atoms with E-state index in [1.54, 1.807) is 6.20 Å². The van der Waals surface area contributed by atoms with E-state index in [9.17, 15) is 0 Å². The Kier molecular flexibility index (Phi) is 3.65. The van der Waals surface area contributed by atoms with Gasteiger partial charge in [0.2, 0.25) is 0 Å². The minimum Gasteiger partial charge on any atom is -0.404 e. The van der Waals surface area contributed by atoms with Gasteiger partial charge >= 0.3 is 0 Å². The molecule has 1 rings (SSSR count). The molecule has 1 aliphatic rings. The average molecular weight is 163 g/mol. The molecule has 0 spiro atoms. The zero-order valence-electron chi connectivity index (χ0n) is 7.72. The zero-order chi connectivity index (χ0) is 8.81. The van der Waals surface area contributed by atoms with Crippen LogP contribution in [0.2, 0.25) is 0 Å². The molecule has 0 radical (unpaired) electrons. The van der Waals surface area contributed by atoms with Gasteiger partial charge in [-0.05, 0) is 43.8 Å². The Morgan fingerprint density at radius 1 is 1.50 bits per heavy atom. The van der Waals surface area contributed by atoms with Crippen LogP contribution in [-0.4, -0.2) is 0 Å². The van der Waals surface area contributed by atoms with Crippen molar-refractivity contribution in [3.05, 3.63) is 35.6 Å². The third-order valence-electron chi connectivity index (χ3n) is 2.19. The van der Waals surface area contributed by atoms with E-state index in [-0.39, 0.29) is 0 Å². The van der Waals surface area contributed by atoms with Crippen LogP contribution in [0, 0.1) is 0 Å². The van der Waals surface area contributed by atoms with Crippen molar-refractivity contribution < 1.29 is 0 Å². The summed E-state index contributed by atoms with van der Waals surface area (Å²) in [7, 11) is 0. The molecule has 0 atom stereocenters. The van der Waals surface area contributed by atoms with E-state index in [0.29, 0.717) is 0 Å². The molecule has 12 heavy (non-hydrogen) atoms. The van der Waals surface area contributed by atoms with Crippen LogP contribution in [0.15, 0.2) is 35.6 Å². The Morgan fingerprint density at radius 3 is 2.83 bits per heavy atom. The van der Waals surface area contributed by atoms with Crippen LogP contribution in [0.4, 0.5) is 0 Å². The summed E-state index contributed by atoms with van der Waals surface area (Å²) in [5.41, 5.74) is 8.15. The lowest BCUT2D eigenvalue weighted by Gasteiger charge is -2.12. The molecule has 0 aromatic rings. The molecule has 0 fully saturated rings. The van der Waals surface area contributed by atoms with Gasteiger partial charge < -0.3 is 5.73 Å². The van der Waals surface area contributed by atoms with Crippen LogP contribution in [0.3, 0.4) is 0 Å². The Bertz CT molecular complexity index is 221. The molecule has 0 saturated heterocycles. The fourth-order valence-electron chi connectivity index (χ4n) is 1.55. The molecule has 0 bridgehead atoms. The van der Waals surface area contributed by atoms with Crippen LogP contribution in [0.25, 0.3) is 0 Å². The summed E-state index contributed by atoms with van der Waals surface area (Å²) in [6, 6.07) is 0. The predicted octanol–water partition coefficient (Wildman–Crippen LogP) is 2.91. The Balaban J connectivity index is 2.71. The fraction of sp³-hybridized carbons (Fsp3) is 0.455.